The first kappa shape index (κ1) is 61.9. The van der Waals surface area contributed by atoms with Crippen LogP contribution in [-0.2, 0) is 32.7 Å². The summed E-state index contributed by atoms with van der Waals surface area (Å²) >= 11 is 0. The van der Waals surface area contributed by atoms with Gasteiger partial charge in [0, 0.05) is 12.8 Å². The summed E-state index contributed by atoms with van der Waals surface area (Å²) in [5.74, 6) is -1.04. The van der Waals surface area contributed by atoms with Gasteiger partial charge < -0.3 is 24.6 Å². The van der Waals surface area contributed by atoms with Crippen molar-refractivity contribution in [2.45, 2.75) is 251 Å². The van der Waals surface area contributed by atoms with Crippen LogP contribution >= 0.6 is 7.82 Å². The van der Waals surface area contributed by atoms with E-state index in [0.717, 1.165) is 70.6 Å². The van der Waals surface area contributed by atoms with E-state index in [2.05, 4.69) is 62.5 Å². The number of allylic oxidation sites excluding steroid dienone is 8. The van der Waals surface area contributed by atoms with Gasteiger partial charge in [-0.25, -0.2) is 4.57 Å². The molecule has 64 heavy (non-hydrogen) atoms. The van der Waals surface area contributed by atoms with Crippen molar-refractivity contribution in [3.05, 3.63) is 48.6 Å². The number of ether oxygens (including phenoxy) is 2. The zero-order valence-corrected chi connectivity index (χ0v) is 41.9. The van der Waals surface area contributed by atoms with Crippen LogP contribution in [0.3, 0.4) is 0 Å². The van der Waals surface area contributed by atoms with Gasteiger partial charge in [0.1, 0.15) is 12.2 Å². The molecule has 0 aromatic rings. The summed E-state index contributed by atoms with van der Waals surface area (Å²) in [5.41, 5.74) is 0. The summed E-state index contributed by atoms with van der Waals surface area (Å²) in [4.78, 5) is 34.7. The summed E-state index contributed by atoms with van der Waals surface area (Å²) in [6, 6.07) is 0. The van der Waals surface area contributed by atoms with E-state index in [1.807, 2.05) is 0 Å². The lowest BCUT2D eigenvalue weighted by molar-refractivity contribution is -0.153. The number of unbranched alkanes of at least 4 members (excludes halogenated alkanes) is 27. The number of phosphoric acid groups is 1. The third-order valence-corrected chi connectivity index (χ3v) is 12.3. The molecule has 0 amide bonds. The van der Waals surface area contributed by atoms with Gasteiger partial charge in [-0.05, 0) is 51.4 Å². The van der Waals surface area contributed by atoms with E-state index in [-0.39, 0.29) is 12.8 Å². The molecular formula is C53H97O10P. The highest BCUT2D eigenvalue weighted by Crippen LogP contribution is 2.43. The quantitative estimate of drug-likeness (QED) is 0.0233. The Kier molecular flexibility index (Phi) is 47.3. The molecular weight excluding hydrogens is 828 g/mol. The van der Waals surface area contributed by atoms with E-state index in [1.165, 1.54) is 128 Å². The number of phosphoric ester groups is 1. The van der Waals surface area contributed by atoms with Crippen LogP contribution in [0.15, 0.2) is 48.6 Å². The fraction of sp³-hybridized carbons (Fsp3) is 0.811. The van der Waals surface area contributed by atoms with E-state index in [1.54, 1.807) is 0 Å². The molecule has 374 valence electrons. The molecule has 0 aromatic heterocycles. The number of carbonyl (C=O) groups is 2. The van der Waals surface area contributed by atoms with E-state index >= 15 is 0 Å². The van der Waals surface area contributed by atoms with Crippen LogP contribution < -0.4 is 0 Å². The molecule has 0 aliphatic carbocycles. The van der Waals surface area contributed by atoms with Crippen LogP contribution in [0.4, 0.5) is 0 Å². The van der Waals surface area contributed by atoms with Crippen molar-refractivity contribution in [1.82, 2.24) is 0 Å². The van der Waals surface area contributed by atoms with Crippen LogP contribution in [0.25, 0.3) is 0 Å². The number of rotatable bonds is 49. The Morgan fingerprint density at radius 1 is 0.438 bits per heavy atom. The topological polar surface area (TPSA) is 149 Å². The Hall–Kier alpha value is -2.07. The smallest absolute Gasteiger partial charge is 0.457 e. The summed E-state index contributed by atoms with van der Waals surface area (Å²) < 4.78 is 32.7. The predicted octanol–water partition coefficient (Wildman–Crippen LogP) is 14.8. The Bertz CT molecular complexity index is 1200. The first-order valence-corrected chi connectivity index (χ1v) is 27.6. The summed E-state index contributed by atoms with van der Waals surface area (Å²) in [5, 5.41) is 19.3. The fourth-order valence-corrected chi connectivity index (χ4v) is 8.13. The number of carbonyl (C=O) groups excluding carboxylic acids is 2. The number of hydrogen-bond donors (Lipinski definition) is 3. The molecule has 0 spiro atoms. The highest BCUT2D eigenvalue weighted by Gasteiger charge is 2.27. The fourth-order valence-electron chi connectivity index (χ4n) is 7.34. The molecule has 3 unspecified atom stereocenters. The van der Waals surface area contributed by atoms with Crippen LogP contribution in [-0.4, -0.2) is 65.7 Å². The molecule has 0 aliphatic heterocycles. The van der Waals surface area contributed by atoms with Gasteiger partial charge in [0.25, 0.3) is 0 Å². The third kappa shape index (κ3) is 46.5. The maximum atomic E-state index is 12.4. The molecule has 3 atom stereocenters. The lowest BCUT2D eigenvalue weighted by Crippen LogP contribution is -2.28. The van der Waals surface area contributed by atoms with Gasteiger partial charge in [0.05, 0.1) is 26.4 Å². The molecule has 0 saturated heterocycles. The zero-order chi connectivity index (χ0) is 46.9. The minimum absolute atomic E-state index is 0.164. The van der Waals surface area contributed by atoms with Gasteiger partial charge in [0.2, 0.25) is 0 Å². The first-order valence-electron chi connectivity index (χ1n) is 26.1. The minimum Gasteiger partial charge on any atom is -0.457 e. The largest absolute Gasteiger partial charge is 0.472 e. The van der Waals surface area contributed by atoms with Gasteiger partial charge in [-0.2, -0.15) is 0 Å². The minimum atomic E-state index is -4.65. The summed E-state index contributed by atoms with van der Waals surface area (Å²) in [6.07, 6.45) is 55.2. The Balaban J connectivity index is 3.82. The van der Waals surface area contributed by atoms with E-state index in [9.17, 15) is 29.3 Å². The Labute approximate surface area is 392 Å². The molecule has 0 aromatic carbocycles. The van der Waals surface area contributed by atoms with Crippen molar-refractivity contribution < 1.29 is 47.8 Å². The predicted molar refractivity (Wildman–Crippen MR) is 265 cm³/mol. The van der Waals surface area contributed by atoms with Gasteiger partial charge in [-0.3, -0.25) is 18.6 Å². The summed E-state index contributed by atoms with van der Waals surface area (Å²) in [7, 11) is -4.65. The van der Waals surface area contributed by atoms with Crippen molar-refractivity contribution in [2.24, 2.45) is 0 Å². The standard InChI is InChI=1S/C53H97O10P/c1-3-5-7-9-11-13-15-17-19-21-22-23-24-25-26-27-29-31-33-35-37-39-41-43-45-53(57)63-51(47-55)49-61-64(58,59)60-48-50(46-54)62-52(56)44-42-40-38-36-34-32-30-28-20-18-16-14-12-10-8-6-4-2/h6,8,12,14,18,20,30,32,50-51,54-55H,3-5,7,9-11,13,15-17,19,21-29,31,33-49H2,1-2H3,(H,58,59)/b8-6-,14-12-,20-18-,32-30-. The normalized spacial score (nSPS) is 14.0. The zero-order valence-electron chi connectivity index (χ0n) is 41.0. The second kappa shape index (κ2) is 48.9. The van der Waals surface area contributed by atoms with Crippen molar-refractivity contribution in [3.63, 3.8) is 0 Å². The maximum absolute atomic E-state index is 12.4. The van der Waals surface area contributed by atoms with Crippen LogP contribution in [0, 0.1) is 0 Å². The molecule has 11 heteroatoms. The first-order chi connectivity index (χ1) is 31.3. The molecule has 0 radical (unpaired) electrons. The van der Waals surface area contributed by atoms with Crippen molar-refractivity contribution >= 4 is 19.8 Å². The molecule has 0 saturated carbocycles. The highest BCUT2D eigenvalue weighted by molar-refractivity contribution is 7.47. The number of hydrogen-bond acceptors (Lipinski definition) is 9. The second-order valence-corrected chi connectivity index (χ2v) is 18.9. The molecule has 0 heterocycles. The lowest BCUT2D eigenvalue weighted by Gasteiger charge is -2.20. The average molecular weight is 925 g/mol. The number of esters is 2. The Morgan fingerprint density at radius 3 is 1.06 bits per heavy atom. The molecule has 0 rings (SSSR count). The molecule has 3 N–H and O–H groups in total. The van der Waals surface area contributed by atoms with Crippen molar-refractivity contribution in [1.29, 1.82) is 0 Å². The van der Waals surface area contributed by atoms with Gasteiger partial charge in [-0.1, -0.05) is 223 Å². The van der Waals surface area contributed by atoms with Crippen molar-refractivity contribution in [2.75, 3.05) is 26.4 Å². The molecule has 0 aliphatic rings. The van der Waals surface area contributed by atoms with Gasteiger partial charge in [0.15, 0.2) is 0 Å². The molecule has 10 nitrogen and oxygen atoms in total. The third-order valence-electron chi connectivity index (χ3n) is 11.3. The van der Waals surface area contributed by atoms with Crippen LogP contribution in [0.1, 0.15) is 239 Å². The van der Waals surface area contributed by atoms with E-state index < -0.39 is 58.4 Å². The summed E-state index contributed by atoms with van der Waals surface area (Å²) in [6.45, 7) is 2.11. The lowest BCUT2D eigenvalue weighted by atomic mass is 10.0. The molecule has 0 fully saturated rings. The van der Waals surface area contributed by atoms with Gasteiger partial charge >= 0.3 is 19.8 Å². The highest BCUT2D eigenvalue weighted by atomic mass is 31.2. The van der Waals surface area contributed by atoms with Crippen LogP contribution in [0.5, 0.6) is 0 Å². The van der Waals surface area contributed by atoms with Gasteiger partial charge in [-0.15, -0.1) is 0 Å². The second-order valence-electron chi connectivity index (χ2n) is 17.5. The van der Waals surface area contributed by atoms with E-state index in [0.29, 0.717) is 12.8 Å². The monoisotopic (exact) mass is 925 g/mol. The number of aliphatic hydroxyl groups is 2. The SMILES string of the molecule is CC/C=C\C/C=C\C/C=C\C/C=C\CCCCCCC(=O)OC(CO)COP(=O)(O)OCC(CO)OC(=O)CCCCCCCCCCCCCCCCCCCCCCCCCC. The maximum Gasteiger partial charge on any atom is 0.472 e. The number of aliphatic hydroxyl groups excluding tert-OH is 2. The molecule has 0 bridgehead atoms. The van der Waals surface area contributed by atoms with Crippen molar-refractivity contribution in [3.8, 4) is 0 Å². The Morgan fingerprint density at radius 2 is 0.734 bits per heavy atom. The van der Waals surface area contributed by atoms with Crippen LogP contribution in [0.2, 0.25) is 0 Å². The van der Waals surface area contributed by atoms with E-state index in [4.69, 9.17) is 18.5 Å². The average Bonchev–Trinajstić information content (AvgIpc) is 3.29.